The van der Waals surface area contributed by atoms with Gasteiger partial charge in [0.2, 0.25) is 0 Å². The van der Waals surface area contributed by atoms with Crippen molar-refractivity contribution >= 4 is 28.9 Å². The third-order valence-electron chi connectivity index (χ3n) is 4.31. The van der Waals surface area contributed by atoms with Crippen LogP contribution in [0.3, 0.4) is 0 Å². The van der Waals surface area contributed by atoms with Gasteiger partial charge in [-0.25, -0.2) is 0 Å². The molecule has 0 radical (unpaired) electrons. The first kappa shape index (κ1) is 15.3. The molecule has 0 saturated heterocycles. The molecule has 24 heavy (non-hydrogen) atoms. The first-order chi connectivity index (χ1) is 11.8. The average Bonchev–Trinajstić information content (AvgIpc) is 2.68. The van der Waals surface area contributed by atoms with E-state index in [1.165, 1.54) is 25.6 Å². The molecular weight excluding hydrogens is 359 g/mol. The summed E-state index contributed by atoms with van der Waals surface area (Å²) in [6.07, 6.45) is 2.40. The Morgan fingerprint density at radius 1 is 0.792 bits per heavy atom. The minimum absolute atomic E-state index is 0.909. The summed E-state index contributed by atoms with van der Waals surface area (Å²) in [5.74, 6) is 0.909. The van der Waals surface area contributed by atoms with Gasteiger partial charge in [0.1, 0.15) is 0 Å². The summed E-state index contributed by atoms with van der Waals surface area (Å²) in [6.45, 7) is 0. The van der Waals surface area contributed by atoms with E-state index in [2.05, 4.69) is 84.9 Å². The first-order valence-corrected chi connectivity index (χ1v) is 11.0. The van der Waals surface area contributed by atoms with Gasteiger partial charge < -0.3 is 0 Å². The second-order valence-electron chi connectivity index (χ2n) is 5.78. The molecule has 0 aromatic heterocycles. The van der Waals surface area contributed by atoms with Crippen molar-refractivity contribution in [3.05, 3.63) is 95.6 Å². The maximum atomic E-state index is 5.31. The molecule has 0 saturated carbocycles. The molecule has 0 amide bonds. The van der Waals surface area contributed by atoms with E-state index in [1.807, 2.05) is 0 Å². The van der Waals surface area contributed by atoms with Crippen molar-refractivity contribution < 1.29 is 4.74 Å². The predicted octanol–water partition coefficient (Wildman–Crippen LogP) is 4.27. The summed E-state index contributed by atoms with van der Waals surface area (Å²) in [5, 5.41) is 1.16. The molecule has 0 N–H and O–H groups in total. The molecule has 2 heteroatoms. The summed E-state index contributed by atoms with van der Waals surface area (Å²) < 4.78 is 8.31. The molecule has 1 aliphatic rings. The number of benzene rings is 3. The Bertz CT molecular complexity index is 866. The van der Waals surface area contributed by atoms with Gasteiger partial charge in [-0.3, -0.25) is 0 Å². The zero-order chi connectivity index (χ0) is 16.4. The van der Waals surface area contributed by atoms with Crippen LogP contribution in [-0.2, 0) is 5.32 Å². The zero-order valence-corrected chi connectivity index (χ0v) is 15.3. The van der Waals surface area contributed by atoms with Gasteiger partial charge in [0, 0.05) is 0 Å². The van der Waals surface area contributed by atoms with Gasteiger partial charge in [-0.05, 0) is 0 Å². The molecule has 3 aromatic rings. The van der Waals surface area contributed by atoms with Crippen LogP contribution < -0.4 is 9.20 Å². The Kier molecular flexibility index (Phi) is 4.25. The summed E-state index contributed by atoms with van der Waals surface area (Å²) in [7, 11) is 1.71. The Hall–Kier alpha value is -2.28. The molecule has 0 aliphatic carbocycles. The molecule has 0 spiro atoms. The second-order valence-corrected chi connectivity index (χ2v) is 9.94. The predicted molar refractivity (Wildman–Crippen MR) is 103 cm³/mol. The van der Waals surface area contributed by atoms with Crippen molar-refractivity contribution in [2.24, 2.45) is 0 Å². The quantitative estimate of drug-likeness (QED) is 0.619. The van der Waals surface area contributed by atoms with E-state index in [0.29, 0.717) is 0 Å². The van der Waals surface area contributed by atoms with Crippen molar-refractivity contribution in [3.8, 4) is 5.75 Å². The van der Waals surface area contributed by atoms with E-state index >= 15 is 0 Å². The monoisotopic (exact) mass is 379 g/mol. The number of rotatable bonds is 3. The molecular formula is C22H19OSe+. The van der Waals surface area contributed by atoms with E-state index in [1.54, 1.807) is 7.11 Å². The summed E-state index contributed by atoms with van der Waals surface area (Å²) >= 11 is -1.10. The first-order valence-electron chi connectivity index (χ1n) is 8.05. The molecule has 0 fully saturated rings. The van der Waals surface area contributed by atoms with Gasteiger partial charge in [0.15, 0.2) is 0 Å². The van der Waals surface area contributed by atoms with E-state index in [-0.39, 0.29) is 0 Å². The molecule has 0 bridgehead atoms. The Morgan fingerprint density at radius 3 is 2.25 bits per heavy atom. The van der Waals surface area contributed by atoms with Crippen molar-refractivity contribution in [3.63, 3.8) is 0 Å². The fourth-order valence-electron chi connectivity index (χ4n) is 3.03. The van der Waals surface area contributed by atoms with Crippen LogP contribution in [-0.4, -0.2) is 21.0 Å². The van der Waals surface area contributed by atoms with Crippen LogP contribution in [0.4, 0.5) is 0 Å². The van der Waals surface area contributed by atoms with Crippen LogP contribution in [0.5, 0.6) is 5.75 Å². The van der Waals surface area contributed by atoms with E-state index in [9.17, 15) is 0 Å². The topological polar surface area (TPSA) is 9.23 Å². The number of methoxy groups -OCH3 is 1. The number of fused-ring (bicyclic) bond motifs is 1. The fourth-order valence-corrected chi connectivity index (χ4v) is 7.91. The normalized spacial score (nSPS) is 16.2. The Balaban J connectivity index is 1.83. The Morgan fingerprint density at radius 2 is 1.50 bits per heavy atom. The van der Waals surface area contributed by atoms with Gasteiger partial charge in [0.05, 0.1) is 0 Å². The molecule has 1 heterocycles. The minimum atomic E-state index is -1.10. The van der Waals surface area contributed by atoms with Crippen molar-refractivity contribution in [1.29, 1.82) is 0 Å². The summed E-state index contributed by atoms with van der Waals surface area (Å²) in [4.78, 5) is 0. The molecule has 4 rings (SSSR count). The molecule has 118 valence electrons. The van der Waals surface area contributed by atoms with Gasteiger partial charge in [-0.1, -0.05) is 0 Å². The van der Waals surface area contributed by atoms with Crippen molar-refractivity contribution in [2.45, 2.75) is 5.32 Å². The fraction of sp³-hybridized carbons (Fsp3) is 0.0909. The Labute approximate surface area is 147 Å². The maximum absolute atomic E-state index is 5.31. The van der Waals surface area contributed by atoms with Crippen LogP contribution in [0.2, 0.25) is 0 Å². The summed E-state index contributed by atoms with van der Waals surface area (Å²) in [6, 6.07) is 28.3. The van der Waals surface area contributed by atoms with E-state index in [4.69, 9.17) is 4.74 Å². The van der Waals surface area contributed by atoms with Crippen LogP contribution in [0.15, 0.2) is 78.9 Å². The van der Waals surface area contributed by atoms with Crippen molar-refractivity contribution in [1.82, 2.24) is 0 Å². The van der Waals surface area contributed by atoms with Crippen LogP contribution in [0.1, 0.15) is 16.7 Å². The molecule has 3 aromatic carbocycles. The zero-order valence-electron chi connectivity index (χ0n) is 13.6. The van der Waals surface area contributed by atoms with E-state index in [0.717, 1.165) is 11.1 Å². The number of ether oxygens (including phenoxy) is 1. The van der Waals surface area contributed by atoms with Gasteiger partial charge in [0.25, 0.3) is 0 Å². The van der Waals surface area contributed by atoms with Crippen molar-refractivity contribution in [2.75, 3.05) is 7.11 Å². The van der Waals surface area contributed by atoms with E-state index < -0.39 is 13.9 Å². The molecule has 1 aliphatic heterocycles. The van der Waals surface area contributed by atoms with Gasteiger partial charge >= 0.3 is 147 Å². The number of hydrogen-bond acceptors (Lipinski definition) is 1. The standard InChI is InChI=1S/C22H19OSe/c1-23-20-13-11-17(12-14-20)22-15-18-7-5-6-8-19(18)16-24(22)21-9-3-2-4-10-21/h2-15H,16H2,1H3/q+1. The third-order valence-corrected chi connectivity index (χ3v) is 9.19. The SMILES string of the molecule is COc1ccc(C2=Cc3ccccc3C[Se+]2c2ccccc2)cc1. The van der Waals surface area contributed by atoms with Crippen LogP contribution in [0.25, 0.3) is 10.5 Å². The number of hydrogen-bond donors (Lipinski definition) is 0. The van der Waals surface area contributed by atoms with Crippen LogP contribution in [0, 0.1) is 0 Å². The summed E-state index contributed by atoms with van der Waals surface area (Å²) in [5.41, 5.74) is 4.15. The third kappa shape index (κ3) is 2.91. The molecule has 1 atom stereocenters. The molecule has 1 nitrogen and oxygen atoms in total. The van der Waals surface area contributed by atoms with Gasteiger partial charge in [-0.2, -0.15) is 0 Å². The molecule has 1 unspecified atom stereocenters. The second kappa shape index (κ2) is 6.68. The van der Waals surface area contributed by atoms with Gasteiger partial charge in [-0.15, -0.1) is 0 Å². The van der Waals surface area contributed by atoms with Crippen LogP contribution >= 0.6 is 0 Å². The average molecular weight is 378 g/mol.